The van der Waals surface area contributed by atoms with Gasteiger partial charge in [-0.05, 0) is 12.1 Å². The molecule has 0 aliphatic rings. The van der Waals surface area contributed by atoms with E-state index in [0.29, 0.717) is 5.02 Å². The average molecular weight is 210 g/mol. The highest BCUT2D eigenvalue weighted by Crippen LogP contribution is 2.22. The number of rotatable bonds is 2. The number of carbonyl (C=O) groups excluding carboxylic acids is 1. The lowest BCUT2D eigenvalue weighted by Gasteiger charge is -2.05. The summed E-state index contributed by atoms with van der Waals surface area (Å²) in [6.45, 7) is -0.0786. The summed E-state index contributed by atoms with van der Waals surface area (Å²) in [6.07, 6.45) is 4.94. The highest BCUT2D eigenvalue weighted by molar-refractivity contribution is 6.33. The largest absolute Gasteiger partial charge is 0.449 e. The molecule has 0 radical (unpaired) electrons. The van der Waals surface area contributed by atoms with Crippen molar-refractivity contribution in [2.24, 2.45) is 0 Å². The van der Waals surface area contributed by atoms with Crippen LogP contribution >= 0.6 is 11.6 Å². The van der Waals surface area contributed by atoms with Crippen molar-refractivity contribution in [3.8, 4) is 12.3 Å². The Kier molecular flexibility index (Phi) is 3.38. The van der Waals surface area contributed by atoms with E-state index in [1.807, 2.05) is 0 Å². The molecular weight excluding hydrogens is 202 g/mol. The van der Waals surface area contributed by atoms with E-state index in [0.717, 1.165) is 0 Å². The molecule has 0 saturated carbocycles. The van der Waals surface area contributed by atoms with Crippen LogP contribution in [0.4, 0.5) is 5.69 Å². The SMILES string of the molecule is C#CCOC(=O)c1cccc(Cl)c1N. The first kappa shape index (κ1) is 10.4. The highest BCUT2D eigenvalue weighted by Gasteiger charge is 2.12. The molecule has 0 heterocycles. The van der Waals surface area contributed by atoms with Crippen molar-refractivity contribution in [2.75, 3.05) is 12.3 Å². The molecule has 1 rings (SSSR count). The molecule has 0 aliphatic carbocycles. The molecule has 0 aromatic heterocycles. The van der Waals surface area contributed by atoms with E-state index < -0.39 is 5.97 Å². The van der Waals surface area contributed by atoms with Gasteiger partial charge < -0.3 is 10.5 Å². The van der Waals surface area contributed by atoms with Gasteiger partial charge in [-0.3, -0.25) is 0 Å². The van der Waals surface area contributed by atoms with Gasteiger partial charge in [-0.2, -0.15) is 0 Å². The molecule has 1 aromatic rings. The lowest BCUT2D eigenvalue weighted by atomic mass is 10.2. The van der Waals surface area contributed by atoms with Crippen LogP contribution in [0.25, 0.3) is 0 Å². The fraction of sp³-hybridized carbons (Fsp3) is 0.100. The molecular formula is C10H8ClNO2. The van der Waals surface area contributed by atoms with E-state index in [1.165, 1.54) is 6.07 Å². The fourth-order valence-electron chi connectivity index (χ4n) is 0.900. The first-order chi connectivity index (χ1) is 6.66. The number of halogens is 1. The number of nitrogen functional groups attached to an aromatic ring is 1. The van der Waals surface area contributed by atoms with Crippen LogP contribution in [0.5, 0.6) is 0 Å². The van der Waals surface area contributed by atoms with E-state index in [9.17, 15) is 4.79 Å². The van der Waals surface area contributed by atoms with Crippen molar-refractivity contribution >= 4 is 23.3 Å². The van der Waals surface area contributed by atoms with E-state index in [2.05, 4.69) is 5.92 Å². The number of benzene rings is 1. The molecule has 0 spiro atoms. The van der Waals surface area contributed by atoms with Crippen molar-refractivity contribution in [3.63, 3.8) is 0 Å². The van der Waals surface area contributed by atoms with Gasteiger partial charge in [-0.25, -0.2) is 4.79 Å². The molecule has 1 aromatic carbocycles. The Balaban J connectivity index is 2.91. The molecule has 14 heavy (non-hydrogen) atoms. The van der Waals surface area contributed by atoms with Crippen LogP contribution in [-0.4, -0.2) is 12.6 Å². The summed E-state index contributed by atoms with van der Waals surface area (Å²) in [5, 5.41) is 0.320. The Morgan fingerprint density at radius 1 is 1.64 bits per heavy atom. The number of terminal acetylenes is 1. The molecule has 2 N–H and O–H groups in total. The van der Waals surface area contributed by atoms with Gasteiger partial charge in [0, 0.05) is 0 Å². The molecule has 0 bridgehead atoms. The number of esters is 1. The van der Waals surface area contributed by atoms with Gasteiger partial charge in [-0.15, -0.1) is 6.42 Å². The van der Waals surface area contributed by atoms with Gasteiger partial charge in [0.05, 0.1) is 16.3 Å². The minimum atomic E-state index is -0.567. The summed E-state index contributed by atoms with van der Waals surface area (Å²) in [5.74, 6) is 1.62. The maximum Gasteiger partial charge on any atom is 0.341 e. The summed E-state index contributed by atoms with van der Waals surface area (Å²) in [6, 6.07) is 4.74. The minimum absolute atomic E-state index is 0.0786. The van der Waals surface area contributed by atoms with E-state index in [1.54, 1.807) is 12.1 Å². The zero-order valence-electron chi connectivity index (χ0n) is 7.29. The van der Waals surface area contributed by atoms with Crippen molar-refractivity contribution in [2.45, 2.75) is 0 Å². The third-order valence-electron chi connectivity index (χ3n) is 1.56. The van der Waals surface area contributed by atoms with E-state index in [-0.39, 0.29) is 17.9 Å². The van der Waals surface area contributed by atoms with E-state index in [4.69, 9.17) is 28.5 Å². The van der Waals surface area contributed by atoms with Crippen LogP contribution in [0.1, 0.15) is 10.4 Å². The number of carbonyl (C=O) groups is 1. The van der Waals surface area contributed by atoms with E-state index >= 15 is 0 Å². The maximum absolute atomic E-state index is 11.3. The summed E-state index contributed by atoms with van der Waals surface area (Å²) in [5.41, 5.74) is 6.00. The lowest BCUT2D eigenvalue weighted by Crippen LogP contribution is -2.08. The molecule has 0 atom stereocenters. The zero-order chi connectivity index (χ0) is 10.6. The monoisotopic (exact) mass is 209 g/mol. The van der Waals surface area contributed by atoms with Crippen molar-refractivity contribution in [3.05, 3.63) is 28.8 Å². The lowest BCUT2D eigenvalue weighted by molar-refractivity contribution is 0.0558. The van der Waals surface area contributed by atoms with Gasteiger partial charge in [0.25, 0.3) is 0 Å². The van der Waals surface area contributed by atoms with Crippen LogP contribution in [0, 0.1) is 12.3 Å². The molecule has 0 saturated heterocycles. The number of nitrogens with two attached hydrogens (primary N) is 1. The average Bonchev–Trinajstić information content (AvgIpc) is 2.18. The van der Waals surface area contributed by atoms with Crippen molar-refractivity contribution < 1.29 is 9.53 Å². The van der Waals surface area contributed by atoms with Gasteiger partial charge in [0.2, 0.25) is 0 Å². The Hall–Kier alpha value is -1.66. The summed E-state index contributed by atoms with van der Waals surface area (Å²) in [4.78, 5) is 11.3. The topological polar surface area (TPSA) is 52.3 Å². The Labute approximate surface area is 86.8 Å². The minimum Gasteiger partial charge on any atom is -0.449 e. The normalized spacial score (nSPS) is 9.14. The van der Waals surface area contributed by atoms with Gasteiger partial charge in [0.15, 0.2) is 6.61 Å². The number of hydrogen-bond donors (Lipinski definition) is 1. The number of hydrogen-bond acceptors (Lipinski definition) is 3. The second-order valence-electron chi connectivity index (χ2n) is 2.48. The Morgan fingerprint density at radius 2 is 2.36 bits per heavy atom. The third-order valence-corrected chi connectivity index (χ3v) is 1.89. The second kappa shape index (κ2) is 4.54. The smallest absolute Gasteiger partial charge is 0.341 e. The predicted molar refractivity (Wildman–Crippen MR) is 55.0 cm³/mol. The van der Waals surface area contributed by atoms with Gasteiger partial charge in [0.1, 0.15) is 0 Å². The Bertz CT molecular complexity index is 396. The molecule has 0 fully saturated rings. The van der Waals surface area contributed by atoms with Crippen LogP contribution in [0.2, 0.25) is 5.02 Å². The van der Waals surface area contributed by atoms with Crippen molar-refractivity contribution in [1.82, 2.24) is 0 Å². The number of anilines is 1. The molecule has 0 amide bonds. The van der Waals surface area contributed by atoms with Crippen LogP contribution in [-0.2, 0) is 4.74 Å². The molecule has 3 nitrogen and oxygen atoms in total. The first-order valence-corrected chi connectivity index (χ1v) is 4.19. The van der Waals surface area contributed by atoms with Crippen LogP contribution in [0.3, 0.4) is 0 Å². The van der Waals surface area contributed by atoms with Crippen LogP contribution < -0.4 is 5.73 Å². The summed E-state index contributed by atoms with van der Waals surface area (Å²) in [7, 11) is 0. The molecule has 0 unspecified atom stereocenters. The molecule has 4 heteroatoms. The molecule has 0 aliphatic heterocycles. The quantitative estimate of drug-likeness (QED) is 0.458. The maximum atomic E-state index is 11.3. The molecule has 72 valence electrons. The van der Waals surface area contributed by atoms with Gasteiger partial charge in [-0.1, -0.05) is 23.6 Å². The second-order valence-corrected chi connectivity index (χ2v) is 2.89. The number of para-hydroxylation sites is 1. The Morgan fingerprint density at radius 3 is 3.00 bits per heavy atom. The third kappa shape index (κ3) is 2.18. The standard InChI is InChI=1S/C10H8ClNO2/c1-2-6-14-10(13)7-4-3-5-8(11)9(7)12/h1,3-5H,6,12H2. The summed E-state index contributed by atoms with van der Waals surface area (Å²) >= 11 is 5.72. The van der Waals surface area contributed by atoms with Gasteiger partial charge >= 0.3 is 5.97 Å². The zero-order valence-corrected chi connectivity index (χ0v) is 8.04. The first-order valence-electron chi connectivity index (χ1n) is 3.81. The summed E-state index contributed by atoms with van der Waals surface area (Å²) < 4.78 is 4.70. The number of ether oxygens (including phenoxy) is 1. The van der Waals surface area contributed by atoms with Crippen molar-refractivity contribution in [1.29, 1.82) is 0 Å². The van der Waals surface area contributed by atoms with Crippen LogP contribution in [0.15, 0.2) is 18.2 Å². The predicted octanol–water partition coefficient (Wildman–Crippen LogP) is 1.71. The fourth-order valence-corrected chi connectivity index (χ4v) is 1.07. The highest BCUT2D eigenvalue weighted by atomic mass is 35.5.